The Kier molecular flexibility index (Phi) is 3.33. The number of hydrogen-bond donors (Lipinski definition) is 1. The first-order valence-corrected chi connectivity index (χ1v) is 6.26. The molecular weight excluding hydrogens is 216 g/mol. The van der Waals surface area contributed by atoms with Crippen molar-refractivity contribution in [1.82, 2.24) is 9.78 Å². The molecule has 0 radical (unpaired) electrons. The van der Waals surface area contributed by atoms with Crippen molar-refractivity contribution in [2.24, 2.45) is 0 Å². The van der Waals surface area contributed by atoms with Crippen LogP contribution in [0.5, 0.6) is 0 Å². The van der Waals surface area contributed by atoms with Gasteiger partial charge in [-0.3, -0.25) is 9.48 Å². The van der Waals surface area contributed by atoms with Gasteiger partial charge in [0.2, 0.25) is 0 Å². The van der Waals surface area contributed by atoms with E-state index in [0.29, 0.717) is 6.04 Å². The van der Waals surface area contributed by atoms with Crippen molar-refractivity contribution in [3.8, 4) is 0 Å². The molecule has 0 spiro atoms. The van der Waals surface area contributed by atoms with Gasteiger partial charge in [0, 0.05) is 6.20 Å². The molecule has 1 aromatic rings. The minimum atomic E-state index is -1.27. The smallest absolute Gasteiger partial charge is 0.169 e. The summed E-state index contributed by atoms with van der Waals surface area (Å²) in [4.78, 5) is 11.7. The van der Waals surface area contributed by atoms with Crippen LogP contribution in [0.3, 0.4) is 0 Å². The number of ketones is 1. The van der Waals surface area contributed by atoms with E-state index in [1.807, 2.05) is 16.9 Å². The van der Waals surface area contributed by atoms with E-state index in [1.165, 1.54) is 39.5 Å². The van der Waals surface area contributed by atoms with Crippen molar-refractivity contribution in [3.63, 3.8) is 0 Å². The topological polar surface area (TPSA) is 55.1 Å². The number of nitrogens with zero attached hydrogens (tertiary/aromatic N) is 2. The quantitative estimate of drug-likeness (QED) is 0.868. The molecule has 0 saturated heterocycles. The lowest BCUT2D eigenvalue weighted by atomic mass is 10.00. The Bertz CT molecular complexity index is 398. The van der Waals surface area contributed by atoms with Gasteiger partial charge in [0.05, 0.1) is 18.2 Å². The summed E-state index contributed by atoms with van der Waals surface area (Å²) in [6.45, 7) is 3.03. The van der Waals surface area contributed by atoms with E-state index < -0.39 is 5.60 Å². The Balaban J connectivity index is 2.01. The monoisotopic (exact) mass is 236 g/mol. The molecule has 1 fully saturated rings. The van der Waals surface area contributed by atoms with Crippen molar-refractivity contribution < 1.29 is 9.90 Å². The molecule has 1 heterocycles. The van der Waals surface area contributed by atoms with E-state index in [9.17, 15) is 9.90 Å². The number of rotatable bonds is 4. The van der Waals surface area contributed by atoms with E-state index in [2.05, 4.69) is 5.10 Å². The molecule has 1 saturated carbocycles. The third-order valence-corrected chi connectivity index (χ3v) is 3.39. The summed E-state index contributed by atoms with van der Waals surface area (Å²) < 4.78 is 1.97. The number of carbonyl (C=O) groups excluding carboxylic acids is 1. The van der Waals surface area contributed by atoms with E-state index >= 15 is 0 Å². The summed E-state index contributed by atoms with van der Waals surface area (Å²) in [7, 11) is 0. The molecule has 0 unspecified atom stereocenters. The summed E-state index contributed by atoms with van der Waals surface area (Å²) in [5.74, 6) is -0.186. The average molecular weight is 236 g/mol. The van der Waals surface area contributed by atoms with Crippen molar-refractivity contribution in [3.05, 3.63) is 18.0 Å². The summed E-state index contributed by atoms with van der Waals surface area (Å²) in [5, 5.41) is 14.0. The molecule has 1 aliphatic carbocycles. The molecule has 0 amide bonds. The van der Waals surface area contributed by atoms with Crippen LogP contribution in [-0.2, 0) is 11.2 Å². The van der Waals surface area contributed by atoms with Crippen LogP contribution < -0.4 is 0 Å². The van der Waals surface area contributed by atoms with Gasteiger partial charge in [-0.1, -0.05) is 12.8 Å². The van der Waals surface area contributed by atoms with Crippen molar-refractivity contribution in [2.45, 2.75) is 57.6 Å². The highest BCUT2D eigenvalue weighted by atomic mass is 16.3. The van der Waals surface area contributed by atoms with Crippen LogP contribution in [0.25, 0.3) is 0 Å². The number of hydrogen-bond acceptors (Lipinski definition) is 3. The Morgan fingerprint density at radius 3 is 2.76 bits per heavy atom. The van der Waals surface area contributed by atoms with E-state index in [4.69, 9.17) is 0 Å². The zero-order chi connectivity index (χ0) is 12.5. The fourth-order valence-corrected chi connectivity index (χ4v) is 2.22. The molecule has 0 aliphatic heterocycles. The van der Waals surface area contributed by atoms with Gasteiger partial charge in [-0.25, -0.2) is 0 Å². The van der Waals surface area contributed by atoms with Gasteiger partial charge in [0.1, 0.15) is 5.60 Å². The van der Waals surface area contributed by atoms with Gasteiger partial charge in [-0.15, -0.1) is 0 Å². The molecule has 1 N–H and O–H groups in total. The van der Waals surface area contributed by atoms with Gasteiger partial charge in [-0.05, 0) is 32.8 Å². The van der Waals surface area contributed by atoms with Crippen LogP contribution in [0.4, 0.5) is 0 Å². The first-order chi connectivity index (χ1) is 7.97. The van der Waals surface area contributed by atoms with Gasteiger partial charge >= 0.3 is 0 Å². The Hall–Kier alpha value is -1.16. The molecule has 0 bridgehead atoms. The second-order valence-electron chi connectivity index (χ2n) is 5.38. The highest BCUT2D eigenvalue weighted by Gasteiger charge is 2.25. The highest BCUT2D eigenvalue weighted by molar-refractivity contribution is 5.87. The predicted octanol–water partition coefficient (Wildman–Crippen LogP) is 1.88. The molecule has 0 atom stereocenters. The number of aliphatic hydroxyl groups is 1. The fraction of sp³-hybridized carbons (Fsp3) is 0.692. The zero-order valence-electron chi connectivity index (χ0n) is 10.5. The minimum Gasteiger partial charge on any atom is -0.383 e. The maximum atomic E-state index is 11.7. The zero-order valence-corrected chi connectivity index (χ0v) is 10.5. The van der Waals surface area contributed by atoms with Crippen LogP contribution in [0.15, 0.2) is 12.3 Å². The van der Waals surface area contributed by atoms with Gasteiger partial charge in [0.15, 0.2) is 5.78 Å². The molecular formula is C13H20N2O2. The third kappa shape index (κ3) is 2.94. The van der Waals surface area contributed by atoms with Crippen molar-refractivity contribution >= 4 is 5.78 Å². The Labute approximate surface area is 102 Å². The number of aromatic nitrogens is 2. The summed E-state index contributed by atoms with van der Waals surface area (Å²) in [6, 6.07) is 2.38. The van der Waals surface area contributed by atoms with Crippen molar-refractivity contribution in [2.75, 3.05) is 0 Å². The van der Waals surface area contributed by atoms with Crippen LogP contribution >= 0.6 is 0 Å². The lowest BCUT2D eigenvalue weighted by molar-refractivity contribution is -0.133. The van der Waals surface area contributed by atoms with Gasteiger partial charge < -0.3 is 5.11 Å². The van der Waals surface area contributed by atoms with Gasteiger partial charge in [0.25, 0.3) is 0 Å². The maximum Gasteiger partial charge on any atom is 0.169 e. The van der Waals surface area contributed by atoms with Crippen LogP contribution in [0.2, 0.25) is 0 Å². The molecule has 94 valence electrons. The second kappa shape index (κ2) is 4.61. The molecule has 17 heavy (non-hydrogen) atoms. The summed E-state index contributed by atoms with van der Waals surface area (Å²) >= 11 is 0. The molecule has 0 aromatic carbocycles. The largest absolute Gasteiger partial charge is 0.383 e. The average Bonchev–Trinajstić information content (AvgIpc) is 2.83. The summed E-state index contributed by atoms with van der Waals surface area (Å²) in [5.41, 5.74) is -0.513. The van der Waals surface area contributed by atoms with Crippen molar-refractivity contribution in [1.29, 1.82) is 0 Å². The summed E-state index contributed by atoms with van der Waals surface area (Å²) in [6.07, 6.45) is 7.05. The highest BCUT2D eigenvalue weighted by Crippen LogP contribution is 2.28. The molecule has 4 nitrogen and oxygen atoms in total. The second-order valence-corrected chi connectivity index (χ2v) is 5.38. The SMILES string of the molecule is CC(C)(O)C(=O)Cc1ccn(C2CCCC2)n1. The maximum absolute atomic E-state index is 11.7. The lowest BCUT2D eigenvalue weighted by Crippen LogP contribution is -2.32. The third-order valence-electron chi connectivity index (χ3n) is 3.39. The first-order valence-electron chi connectivity index (χ1n) is 6.26. The molecule has 1 aliphatic rings. The van der Waals surface area contributed by atoms with E-state index in [0.717, 1.165) is 5.69 Å². The predicted molar refractivity (Wildman–Crippen MR) is 64.7 cm³/mol. The molecule has 4 heteroatoms. The van der Waals surface area contributed by atoms with Gasteiger partial charge in [-0.2, -0.15) is 5.10 Å². The standard InChI is InChI=1S/C13H20N2O2/c1-13(2,17)12(16)9-10-7-8-15(14-10)11-5-3-4-6-11/h7-8,11,17H,3-6,9H2,1-2H3. The van der Waals surface area contributed by atoms with E-state index in [-0.39, 0.29) is 12.2 Å². The normalized spacial score (nSPS) is 17.6. The first kappa shape index (κ1) is 12.3. The van der Waals surface area contributed by atoms with Crippen LogP contribution in [0, 0.1) is 0 Å². The lowest BCUT2D eigenvalue weighted by Gasteiger charge is -2.14. The Morgan fingerprint density at radius 1 is 1.53 bits per heavy atom. The molecule has 1 aromatic heterocycles. The fourth-order valence-electron chi connectivity index (χ4n) is 2.22. The minimum absolute atomic E-state index is 0.186. The number of Topliss-reactive ketones (excluding diaryl/α,β-unsaturated/α-hetero) is 1. The van der Waals surface area contributed by atoms with E-state index in [1.54, 1.807) is 0 Å². The van der Waals surface area contributed by atoms with Crippen LogP contribution in [0.1, 0.15) is 51.3 Å². The Morgan fingerprint density at radius 2 is 2.18 bits per heavy atom. The number of carbonyl (C=O) groups is 1. The van der Waals surface area contributed by atoms with Crippen LogP contribution in [-0.4, -0.2) is 26.3 Å². The molecule has 2 rings (SSSR count).